The first kappa shape index (κ1) is 15.9. The third kappa shape index (κ3) is 4.80. The maximum absolute atomic E-state index is 12.0. The first-order valence-corrected chi connectivity index (χ1v) is 8.21. The summed E-state index contributed by atoms with van der Waals surface area (Å²) in [6.07, 6.45) is 0. The molecule has 0 radical (unpaired) electrons. The lowest BCUT2D eigenvalue weighted by Gasteiger charge is -2.12. The molecule has 0 aliphatic heterocycles. The van der Waals surface area contributed by atoms with Crippen LogP contribution in [0.5, 0.6) is 0 Å². The molecule has 2 aromatic carbocycles. The van der Waals surface area contributed by atoms with E-state index in [0.717, 1.165) is 11.3 Å². The highest BCUT2D eigenvalue weighted by atomic mass is 35.5. The van der Waals surface area contributed by atoms with E-state index in [1.54, 1.807) is 17.8 Å². The Bertz CT molecular complexity index is 615. The van der Waals surface area contributed by atoms with Crippen LogP contribution in [0.4, 0.5) is 5.69 Å². The molecule has 0 heterocycles. The molecule has 1 atom stereocenters. The Balaban J connectivity index is 1.87. The van der Waals surface area contributed by atoms with Gasteiger partial charge >= 0.3 is 0 Å². The third-order valence-corrected chi connectivity index (χ3v) is 4.63. The number of rotatable bonds is 5. The van der Waals surface area contributed by atoms with Crippen molar-refractivity contribution in [2.45, 2.75) is 19.1 Å². The van der Waals surface area contributed by atoms with Crippen molar-refractivity contribution in [1.82, 2.24) is 0 Å². The minimum atomic E-state index is 0.00760. The molecule has 1 amide bonds. The largest absolute Gasteiger partial charge is 0.325 e. The summed E-state index contributed by atoms with van der Waals surface area (Å²) in [7, 11) is 0. The van der Waals surface area contributed by atoms with Crippen molar-refractivity contribution in [2.24, 2.45) is 0 Å². The molecule has 0 saturated heterocycles. The normalized spacial score (nSPS) is 12.0. The molecular formula is C17H18ClNOS. The van der Waals surface area contributed by atoms with Crippen LogP contribution in [0.2, 0.25) is 5.02 Å². The minimum absolute atomic E-state index is 0.00760. The standard InChI is InChI=1S/C17H18ClNOS/c1-12-10-15(18)8-9-16(12)19-17(20)11-21-13(2)14-6-4-3-5-7-14/h3-10,13H,11H2,1-2H3,(H,19,20)/t13-/m0/s1. The number of anilines is 1. The molecule has 0 aromatic heterocycles. The zero-order valence-electron chi connectivity index (χ0n) is 12.1. The second-order valence-corrected chi connectivity index (χ2v) is 6.64. The summed E-state index contributed by atoms with van der Waals surface area (Å²) in [5, 5.41) is 3.90. The molecule has 2 rings (SSSR count). The summed E-state index contributed by atoms with van der Waals surface area (Å²) in [5.74, 6) is 0.436. The average Bonchev–Trinajstić information content (AvgIpc) is 2.48. The van der Waals surface area contributed by atoms with Gasteiger partial charge in [0.15, 0.2) is 0 Å². The fraction of sp³-hybridized carbons (Fsp3) is 0.235. The smallest absolute Gasteiger partial charge is 0.234 e. The Kier molecular flexibility index (Phi) is 5.71. The van der Waals surface area contributed by atoms with E-state index < -0.39 is 0 Å². The van der Waals surface area contributed by atoms with Crippen molar-refractivity contribution in [3.63, 3.8) is 0 Å². The van der Waals surface area contributed by atoms with E-state index in [-0.39, 0.29) is 5.91 Å². The van der Waals surface area contributed by atoms with Gasteiger partial charge in [0.1, 0.15) is 0 Å². The number of hydrogen-bond acceptors (Lipinski definition) is 2. The topological polar surface area (TPSA) is 29.1 Å². The lowest BCUT2D eigenvalue weighted by atomic mass is 10.2. The molecule has 0 fully saturated rings. The third-order valence-electron chi connectivity index (χ3n) is 3.20. The van der Waals surface area contributed by atoms with Gasteiger partial charge in [0.05, 0.1) is 5.75 Å². The predicted octanol–water partition coefficient (Wildman–Crippen LogP) is 5.08. The molecule has 0 aliphatic rings. The molecule has 21 heavy (non-hydrogen) atoms. The molecule has 0 spiro atoms. The Hall–Kier alpha value is -1.45. The number of carbonyl (C=O) groups excluding carboxylic acids is 1. The van der Waals surface area contributed by atoms with Crippen molar-refractivity contribution < 1.29 is 4.79 Å². The van der Waals surface area contributed by atoms with Gasteiger partial charge < -0.3 is 5.32 Å². The second kappa shape index (κ2) is 7.53. The van der Waals surface area contributed by atoms with Crippen LogP contribution < -0.4 is 5.32 Å². The predicted molar refractivity (Wildman–Crippen MR) is 92.1 cm³/mol. The molecule has 110 valence electrons. The van der Waals surface area contributed by atoms with Gasteiger partial charge in [-0.1, -0.05) is 41.9 Å². The molecule has 0 aliphatic carbocycles. The van der Waals surface area contributed by atoms with E-state index in [1.807, 2.05) is 37.3 Å². The van der Waals surface area contributed by atoms with Crippen molar-refractivity contribution in [2.75, 3.05) is 11.1 Å². The molecular weight excluding hydrogens is 302 g/mol. The highest BCUT2D eigenvalue weighted by molar-refractivity contribution is 8.00. The highest BCUT2D eigenvalue weighted by Crippen LogP contribution is 2.28. The summed E-state index contributed by atoms with van der Waals surface area (Å²) in [6, 6.07) is 15.7. The van der Waals surface area contributed by atoms with Crippen LogP contribution >= 0.6 is 23.4 Å². The van der Waals surface area contributed by atoms with Gasteiger partial charge in [0, 0.05) is 16.0 Å². The lowest BCUT2D eigenvalue weighted by Crippen LogP contribution is -2.15. The Labute approximate surface area is 134 Å². The number of amides is 1. The second-order valence-electron chi connectivity index (χ2n) is 4.87. The number of carbonyl (C=O) groups is 1. The van der Waals surface area contributed by atoms with Crippen LogP contribution in [-0.2, 0) is 4.79 Å². The fourth-order valence-corrected chi connectivity index (χ4v) is 3.02. The quantitative estimate of drug-likeness (QED) is 0.832. The summed E-state index contributed by atoms with van der Waals surface area (Å²) >= 11 is 7.53. The van der Waals surface area contributed by atoms with Gasteiger partial charge in [-0.25, -0.2) is 0 Å². The van der Waals surface area contributed by atoms with Crippen LogP contribution in [-0.4, -0.2) is 11.7 Å². The van der Waals surface area contributed by atoms with Gasteiger partial charge in [-0.3, -0.25) is 4.79 Å². The SMILES string of the molecule is Cc1cc(Cl)ccc1NC(=O)CS[C@@H](C)c1ccccc1. The zero-order chi connectivity index (χ0) is 15.2. The lowest BCUT2D eigenvalue weighted by molar-refractivity contribution is -0.113. The number of nitrogens with one attached hydrogen (secondary N) is 1. The van der Waals surface area contributed by atoms with Crippen LogP contribution in [0.1, 0.15) is 23.3 Å². The maximum Gasteiger partial charge on any atom is 0.234 e. The van der Waals surface area contributed by atoms with E-state index in [4.69, 9.17) is 11.6 Å². The minimum Gasteiger partial charge on any atom is -0.325 e. The zero-order valence-corrected chi connectivity index (χ0v) is 13.7. The Morgan fingerprint density at radius 1 is 1.24 bits per heavy atom. The summed E-state index contributed by atoms with van der Waals surface area (Å²) in [6.45, 7) is 4.04. The number of benzene rings is 2. The number of thioether (sulfide) groups is 1. The first-order chi connectivity index (χ1) is 10.1. The molecule has 2 aromatic rings. The van der Waals surface area contributed by atoms with Gasteiger partial charge in [0.25, 0.3) is 0 Å². The molecule has 4 heteroatoms. The summed E-state index contributed by atoms with van der Waals surface area (Å²) in [5.41, 5.74) is 3.02. The maximum atomic E-state index is 12.0. The Morgan fingerprint density at radius 2 is 1.95 bits per heavy atom. The molecule has 2 nitrogen and oxygen atoms in total. The van der Waals surface area contributed by atoms with E-state index >= 15 is 0 Å². The fourth-order valence-electron chi connectivity index (χ4n) is 1.97. The molecule has 0 unspecified atom stereocenters. The van der Waals surface area contributed by atoms with Crippen molar-refractivity contribution in [3.05, 3.63) is 64.7 Å². The van der Waals surface area contributed by atoms with Crippen molar-refractivity contribution >= 4 is 35.0 Å². The van der Waals surface area contributed by atoms with Crippen LogP contribution in [0.3, 0.4) is 0 Å². The molecule has 1 N–H and O–H groups in total. The molecule has 0 bridgehead atoms. The number of hydrogen-bond donors (Lipinski definition) is 1. The van der Waals surface area contributed by atoms with E-state index in [9.17, 15) is 4.79 Å². The van der Waals surface area contributed by atoms with E-state index in [0.29, 0.717) is 16.0 Å². The van der Waals surface area contributed by atoms with Gasteiger partial charge in [0.2, 0.25) is 5.91 Å². The average molecular weight is 320 g/mol. The van der Waals surface area contributed by atoms with Gasteiger partial charge in [-0.05, 0) is 43.2 Å². The monoisotopic (exact) mass is 319 g/mol. The number of aryl methyl sites for hydroxylation is 1. The van der Waals surface area contributed by atoms with Crippen molar-refractivity contribution in [1.29, 1.82) is 0 Å². The highest BCUT2D eigenvalue weighted by Gasteiger charge is 2.10. The Morgan fingerprint density at radius 3 is 2.62 bits per heavy atom. The van der Waals surface area contributed by atoms with Crippen molar-refractivity contribution in [3.8, 4) is 0 Å². The van der Waals surface area contributed by atoms with Crippen LogP contribution in [0.15, 0.2) is 48.5 Å². The summed E-state index contributed by atoms with van der Waals surface area (Å²) < 4.78 is 0. The van der Waals surface area contributed by atoms with Crippen LogP contribution in [0.25, 0.3) is 0 Å². The van der Waals surface area contributed by atoms with E-state index in [1.165, 1.54) is 5.56 Å². The summed E-state index contributed by atoms with van der Waals surface area (Å²) in [4.78, 5) is 12.0. The van der Waals surface area contributed by atoms with Crippen LogP contribution in [0, 0.1) is 6.92 Å². The molecule has 0 saturated carbocycles. The van der Waals surface area contributed by atoms with E-state index in [2.05, 4.69) is 24.4 Å². The van der Waals surface area contributed by atoms with Gasteiger partial charge in [-0.2, -0.15) is 0 Å². The number of halogens is 1. The van der Waals surface area contributed by atoms with Gasteiger partial charge in [-0.15, -0.1) is 11.8 Å². The first-order valence-electron chi connectivity index (χ1n) is 6.79.